The maximum absolute atomic E-state index is 5.53. The number of fused-ring (bicyclic) bond motifs is 9. The molecule has 0 bridgehead atoms. The highest BCUT2D eigenvalue weighted by Gasteiger charge is 2.26. The van der Waals surface area contributed by atoms with Crippen LogP contribution < -0.4 is 5.32 Å². The topological polar surface area (TPSA) is 34.2 Å². The zero-order valence-electron chi connectivity index (χ0n) is 24.9. The van der Waals surface area contributed by atoms with Crippen LogP contribution in [0.4, 0.5) is 5.69 Å². The van der Waals surface area contributed by atoms with Crippen molar-refractivity contribution in [2.75, 3.05) is 5.32 Å². The summed E-state index contributed by atoms with van der Waals surface area (Å²) in [5.41, 5.74) is 10.2. The molecule has 2 aromatic heterocycles. The van der Waals surface area contributed by atoms with Crippen molar-refractivity contribution in [1.29, 1.82) is 0 Å². The fourth-order valence-electron chi connectivity index (χ4n) is 7.54. The standard InChI is InChI=1S/C42H28N4/c1-2-13-29(14-3-1)45-36-20-10-7-16-31(36)34-26-28(23-24-38(34)45)41-32-17-6-9-19-35(32)43-42(44-41)46-37-21-11-8-18-33(37)40-30-15-5-4-12-27(30)22-25-39(40)46/h1-26,42-43H. The van der Waals surface area contributed by atoms with Crippen LogP contribution in [0.1, 0.15) is 17.4 Å². The molecule has 0 radical (unpaired) electrons. The highest BCUT2D eigenvalue weighted by molar-refractivity contribution is 6.22. The maximum atomic E-state index is 5.53. The number of aromatic nitrogens is 2. The molecule has 1 N–H and O–H groups in total. The van der Waals surface area contributed by atoms with E-state index < -0.39 is 0 Å². The van der Waals surface area contributed by atoms with Gasteiger partial charge in [0.2, 0.25) is 6.29 Å². The van der Waals surface area contributed by atoms with Gasteiger partial charge in [-0.1, -0.05) is 109 Å². The monoisotopic (exact) mass is 588 g/mol. The lowest BCUT2D eigenvalue weighted by Gasteiger charge is -2.28. The van der Waals surface area contributed by atoms with Crippen LogP contribution in [0.5, 0.6) is 0 Å². The molecule has 0 saturated heterocycles. The second-order valence-corrected chi connectivity index (χ2v) is 12.0. The van der Waals surface area contributed by atoms with Gasteiger partial charge in [0.1, 0.15) is 0 Å². The van der Waals surface area contributed by atoms with Crippen molar-refractivity contribution < 1.29 is 0 Å². The number of hydrogen-bond acceptors (Lipinski definition) is 2. The Morgan fingerprint density at radius 1 is 0.500 bits per heavy atom. The van der Waals surface area contributed by atoms with E-state index in [2.05, 4.69) is 172 Å². The Morgan fingerprint density at radius 2 is 1.17 bits per heavy atom. The summed E-state index contributed by atoms with van der Waals surface area (Å²) in [5, 5.41) is 11.3. The highest BCUT2D eigenvalue weighted by Crippen LogP contribution is 2.40. The number of hydrogen-bond donors (Lipinski definition) is 1. The number of aliphatic imine (C=N–C) groups is 1. The van der Waals surface area contributed by atoms with Crippen molar-refractivity contribution in [2.45, 2.75) is 6.29 Å². The van der Waals surface area contributed by atoms with E-state index in [1.807, 2.05) is 0 Å². The molecule has 1 aliphatic rings. The van der Waals surface area contributed by atoms with E-state index >= 15 is 0 Å². The van der Waals surface area contributed by atoms with Crippen LogP contribution in [-0.2, 0) is 0 Å². The Kier molecular flexibility index (Phi) is 5.31. The van der Waals surface area contributed by atoms with E-state index in [9.17, 15) is 0 Å². The van der Waals surface area contributed by atoms with Gasteiger partial charge >= 0.3 is 0 Å². The SMILES string of the molecule is c1ccc(-n2c3ccccc3c3cc(C4=NC(n5c6ccccc6c6c7ccccc7ccc65)Nc5ccccc54)ccc32)cc1. The largest absolute Gasteiger partial charge is 0.346 e. The zero-order chi connectivity index (χ0) is 30.2. The summed E-state index contributed by atoms with van der Waals surface area (Å²) in [6, 6.07) is 56.5. The van der Waals surface area contributed by atoms with E-state index in [4.69, 9.17) is 4.99 Å². The average molecular weight is 589 g/mol. The summed E-state index contributed by atoms with van der Waals surface area (Å²) in [7, 11) is 0. The molecule has 4 nitrogen and oxygen atoms in total. The smallest absolute Gasteiger partial charge is 0.201 e. The maximum Gasteiger partial charge on any atom is 0.201 e. The van der Waals surface area contributed by atoms with Crippen molar-refractivity contribution in [3.63, 3.8) is 0 Å². The number of rotatable bonds is 3. The van der Waals surface area contributed by atoms with Crippen molar-refractivity contribution in [3.8, 4) is 5.69 Å². The molecule has 9 aromatic rings. The normalized spacial score (nSPS) is 14.6. The number of benzene rings is 7. The number of nitrogens with zero attached hydrogens (tertiary/aromatic N) is 3. The van der Waals surface area contributed by atoms with Gasteiger partial charge in [0.15, 0.2) is 0 Å². The third-order valence-corrected chi connectivity index (χ3v) is 9.52. The number of para-hydroxylation sites is 4. The van der Waals surface area contributed by atoms with Gasteiger partial charge in [0.05, 0.1) is 27.8 Å². The van der Waals surface area contributed by atoms with E-state index in [1.54, 1.807) is 0 Å². The minimum atomic E-state index is -0.324. The Labute approximate surface area is 265 Å². The molecule has 0 aliphatic carbocycles. The fraction of sp³-hybridized carbons (Fsp3) is 0.0238. The molecule has 0 saturated carbocycles. The first-order chi connectivity index (χ1) is 22.8. The lowest BCUT2D eigenvalue weighted by atomic mass is 9.97. The van der Waals surface area contributed by atoms with Gasteiger partial charge in [0, 0.05) is 44.0 Å². The molecular formula is C42H28N4. The zero-order valence-corrected chi connectivity index (χ0v) is 24.9. The minimum Gasteiger partial charge on any atom is -0.346 e. The molecule has 4 heteroatoms. The van der Waals surface area contributed by atoms with Crippen LogP contribution >= 0.6 is 0 Å². The third kappa shape index (κ3) is 3.58. The molecular weight excluding hydrogens is 560 g/mol. The van der Waals surface area contributed by atoms with Gasteiger partial charge in [-0.25, -0.2) is 4.99 Å². The molecule has 0 fully saturated rings. The number of nitrogens with one attached hydrogen (secondary N) is 1. The minimum absolute atomic E-state index is 0.324. The number of anilines is 1. The van der Waals surface area contributed by atoms with Gasteiger partial charge in [-0.15, -0.1) is 0 Å². The highest BCUT2D eigenvalue weighted by atomic mass is 15.3. The van der Waals surface area contributed by atoms with Crippen LogP contribution in [-0.4, -0.2) is 14.8 Å². The Bertz CT molecular complexity index is 2680. The van der Waals surface area contributed by atoms with Gasteiger partial charge in [-0.2, -0.15) is 0 Å². The van der Waals surface area contributed by atoms with Crippen LogP contribution in [0, 0.1) is 0 Å². The summed E-state index contributed by atoms with van der Waals surface area (Å²) >= 11 is 0. The molecule has 7 aromatic carbocycles. The Hall–Kier alpha value is -6.13. The first-order valence-electron chi connectivity index (χ1n) is 15.8. The summed E-state index contributed by atoms with van der Waals surface area (Å²) in [6.45, 7) is 0. The summed E-state index contributed by atoms with van der Waals surface area (Å²) in [6.07, 6.45) is -0.324. The lowest BCUT2D eigenvalue weighted by molar-refractivity contribution is 0.625. The summed E-state index contributed by atoms with van der Waals surface area (Å²) in [4.78, 5) is 5.53. The van der Waals surface area contributed by atoms with Crippen LogP contribution in [0.2, 0.25) is 0 Å². The quantitative estimate of drug-likeness (QED) is 0.219. The fourth-order valence-corrected chi connectivity index (χ4v) is 7.54. The first-order valence-corrected chi connectivity index (χ1v) is 15.8. The van der Waals surface area contributed by atoms with Crippen LogP contribution in [0.25, 0.3) is 60.1 Å². The Balaban J connectivity index is 1.22. The van der Waals surface area contributed by atoms with Crippen molar-refractivity contribution in [3.05, 3.63) is 169 Å². The Morgan fingerprint density at radius 3 is 2.07 bits per heavy atom. The van der Waals surface area contributed by atoms with Gasteiger partial charge < -0.3 is 14.5 Å². The van der Waals surface area contributed by atoms with Crippen LogP contribution in [0.15, 0.2) is 163 Å². The van der Waals surface area contributed by atoms with Crippen molar-refractivity contribution in [1.82, 2.24) is 9.13 Å². The molecule has 3 heterocycles. The molecule has 216 valence electrons. The molecule has 1 unspecified atom stereocenters. The molecule has 1 aliphatic heterocycles. The summed E-state index contributed by atoms with van der Waals surface area (Å²) < 4.78 is 4.73. The molecule has 0 spiro atoms. The van der Waals surface area contributed by atoms with E-state index in [-0.39, 0.29) is 6.29 Å². The second kappa shape index (κ2) is 9.68. The van der Waals surface area contributed by atoms with E-state index in [0.717, 1.165) is 33.7 Å². The third-order valence-electron chi connectivity index (χ3n) is 9.52. The van der Waals surface area contributed by atoms with E-state index in [0.29, 0.717) is 0 Å². The predicted molar refractivity (Wildman–Crippen MR) is 192 cm³/mol. The molecule has 10 rings (SSSR count). The first kappa shape index (κ1) is 25.2. The van der Waals surface area contributed by atoms with Gasteiger partial charge in [0.25, 0.3) is 0 Å². The van der Waals surface area contributed by atoms with Crippen LogP contribution in [0.3, 0.4) is 0 Å². The van der Waals surface area contributed by atoms with Gasteiger partial charge in [-0.05, 0) is 59.3 Å². The van der Waals surface area contributed by atoms with Crippen molar-refractivity contribution >= 4 is 65.8 Å². The molecule has 1 atom stereocenters. The molecule has 0 amide bonds. The molecule has 46 heavy (non-hydrogen) atoms. The summed E-state index contributed by atoms with van der Waals surface area (Å²) in [5.74, 6) is 0. The lowest BCUT2D eigenvalue weighted by Crippen LogP contribution is -2.24. The van der Waals surface area contributed by atoms with Crippen molar-refractivity contribution in [2.24, 2.45) is 4.99 Å². The second-order valence-electron chi connectivity index (χ2n) is 12.0. The van der Waals surface area contributed by atoms with E-state index in [1.165, 1.54) is 48.9 Å². The predicted octanol–water partition coefficient (Wildman–Crippen LogP) is 10.5. The van der Waals surface area contributed by atoms with Gasteiger partial charge in [-0.3, -0.25) is 0 Å². The average Bonchev–Trinajstić information content (AvgIpc) is 3.64.